The number of carbonyl (C=O) groups excluding carboxylic acids is 1. The van der Waals surface area contributed by atoms with E-state index in [1.807, 2.05) is 11.3 Å². The molecule has 0 saturated carbocycles. The van der Waals surface area contributed by atoms with Crippen molar-refractivity contribution in [3.05, 3.63) is 37.9 Å². The fourth-order valence-electron chi connectivity index (χ4n) is 4.08. The highest BCUT2D eigenvalue weighted by atomic mass is 32.1. The summed E-state index contributed by atoms with van der Waals surface area (Å²) in [6.07, 6.45) is 6.57. The number of aryl methyl sites for hydroxylation is 1. The second kappa shape index (κ2) is 7.51. The van der Waals surface area contributed by atoms with E-state index in [0.717, 1.165) is 37.2 Å². The highest BCUT2D eigenvalue weighted by molar-refractivity contribution is 7.16. The SMILES string of the molecule is CC1c2ccsc2CCN1CC(=O)Nc1sc2c(c1C#N)CCCCC2. The minimum absolute atomic E-state index is 0.0107. The number of carbonyl (C=O) groups is 1. The second-order valence-electron chi connectivity index (χ2n) is 7.12. The first kappa shape index (κ1) is 17.7. The van der Waals surface area contributed by atoms with Gasteiger partial charge in [-0.25, -0.2) is 0 Å². The number of rotatable bonds is 3. The van der Waals surface area contributed by atoms with Gasteiger partial charge >= 0.3 is 0 Å². The van der Waals surface area contributed by atoms with Gasteiger partial charge in [0, 0.05) is 22.3 Å². The van der Waals surface area contributed by atoms with E-state index in [1.54, 1.807) is 11.3 Å². The van der Waals surface area contributed by atoms with Crippen LogP contribution in [0.1, 0.15) is 58.7 Å². The third-order valence-corrected chi connectivity index (χ3v) is 7.74. The zero-order valence-electron chi connectivity index (χ0n) is 15.0. The van der Waals surface area contributed by atoms with Gasteiger partial charge in [-0.05, 0) is 61.6 Å². The number of anilines is 1. The molecule has 0 radical (unpaired) electrons. The van der Waals surface area contributed by atoms with Crippen LogP contribution in [0.25, 0.3) is 0 Å². The summed E-state index contributed by atoms with van der Waals surface area (Å²) in [7, 11) is 0. The van der Waals surface area contributed by atoms with Crippen LogP contribution >= 0.6 is 22.7 Å². The zero-order chi connectivity index (χ0) is 18.1. The number of nitriles is 1. The van der Waals surface area contributed by atoms with Crippen molar-refractivity contribution in [2.75, 3.05) is 18.4 Å². The van der Waals surface area contributed by atoms with Crippen molar-refractivity contribution in [2.45, 2.75) is 51.5 Å². The Balaban J connectivity index is 1.47. The van der Waals surface area contributed by atoms with Crippen LogP contribution in [0.5, 0.6) is 0 Å². The Morgan fingerprint density at radius 2 is 2.15 bits per heavy atom. The monoisotopic (exact) mass is 385 g/mol. The molecule has 1 amide bonds. The van der Waals surface area contributed by atoms with E-state index in [0.29, 0.717) is 12.1 Å². The molecule has 1 aliphatic carbocycles. The molecule has 4 rings (SSSR count). The molecule has 1 atom stereocenters. The fraction of sp³-hybridized carbons (Fsp3) is 0.500. The second-order valence-corrected chi connectivity index (χ2v) is 9.23. The average molecular weight is 386 g/mol. The summed E-state index contributed by atoms with van der Waals surface area (Å²) >= 11 is 3.42. The van der Waals surface area contributed by atoms with Gasteiger partial charge in [0.05, 0.1) is 12.1 Å². The predicted molar refractivity (Wildman–Crippen MR) is 107 cm³/mol. The summed E-state index contributed by atoms with van der Waals surface area (Å²) in [5, 5.41) is 15.6. The molecule has 2 aromatic heterocycles. The number of fused-ring (bicyclic) bond motifs is 2. The number of thiophene rings is 2. The minimum Gasteiger partial charge on any atom is -0.315 e. The van der Waals surface area contributed by atoms with Gasteiger partial charge in [0.1, 0.15) is 11.1 Å². The maximum atomic E-state index is 12.7. The first-order valence-electron chi connectivity index (χ1n) is 9.32. The lowest BCUT2D eigenvalue weighted by atomic mass is 10.0. The maximum Gasteiger partial charge on any atom is 0.239 e. The molecule has 4 nitrogen and oxygen atoms in total. The lowest BCUT2D eigenvalue weighted by molar-refractivity contribution is -0.117. The van der Waals surface area contributed by atoms with Crippen molar-refractivity contribution in [1.29, 1.82) is 5.26 Å². The summed E-state index contributed by atoms with van der Waals surface area (Å²) in [6.45, 7) is 3.46. The number of amides is 1. The van der Waals surface area contributed by atoms with E-state index in [2.05, 4.69) is 34.7 Å². The molecular formula is C20H23N3OS2. The lowest BCUT2D eigenvalue weighted by Crippen LogP contribution is -2.39. The molecule has 0 spiro atoms. The van der Waals surface area contributed by atoms with Crippen molar-refractivity contribution >= 4 is 33.6 Å². The van der Waals surface area contributed by atoms with E-state index in [4.69, 9.17) is 0 Å². The quantitative estimate of drug-likeness (QED) is 0.791. The summed E-state index contributed by atoms with van der Waals surface area (Å²) in [4.78, 5) is 17.6. The number of nitrogens with zero attached hydrogens (tertiary/aromatic N) is 2. The molecule has 0 fully saturated rings. The Kier molecular flexibility index (Phi) is 5.12. The Hall–Kier alpha value is -1.68. The van der Waals surface area contributed by atoms with E-state index in [-0.39, 0.29) is 11.9 Å². The molecule has 6 heteroatoms. The lowest BCUT2D eigenvalue weighted by Gasteiger charge is -2.32. The van der Waals surface area contributed by atoms with Crippen LogP contribution in [0.15, 0.2) is 11.4 Å². The highest BCUT2D eigenvalue weighted by Crippen LogP contribution is 2.37. The summed E-state index contributed by atoms with van der Waals surface area (Å²) in [5.41, 5.74) is 3.24. The molecule has 2 aromatic rings. The smallest absolute Gasteiger partial charge is 0.239 e. The predicted octanol–water partition coefficient (Wildman–Crippen LogP) is 4.51. The number of hydrogen-bond donors (Lipinski definition) is 1. The van der Waals surface area contributed by atoms with Crippen molar-refractivity contribution in [1.82, 2.24) is 4.90 Å². The van der Waals surface area contributed by atoms with Crippen LogP contribution in [0.2, 0.25) is 0 Å². The molecule has 0 bridgehead atoms. The topological polar surface area (TPSA) is 56.1 Å². The van der Waals surface area contributed by atoms with Gasteiger partial charge in [0.15, 0.2) is 0 Å². The Morgan fingerprint density at radius 1 is 1.31 bits per heavy atom. The van der Waals surface area contributed by atoms with Gasteiger partial charge in [-0.2, -0.15) is 5.26 Å². The van der Waals surface area contributed by atoms with Gasteiger partial charge in [-0.1, -0.05) is 6.42 Å². The molecule has 3 heterocycles. The van der Waals surface area contributed by atoms with E-state index >= 15 is 0 Å². The van der Waals surface area contributed by atoms with Crippen LogP contribution in [-0.4, -0.2) is 23.9 Å². The molecule has 0 aromatic carbocycles. The van der Waals surface area contributed by atoms with E-state index < -0.39 is 0 Å². The first-order valence-corrected chi connectivity index (χ1v) is 11.0. The normalized spacial score (nSPS) is 19.9. The third kappa shape index (κ3) is 3.32. The minimum atomic E-state index is -0.0107. The van der Waals surface area contributed by atoms with Gasteiger partial charge in [0.25, 0.3) is 0 Å². The molecule has 2 aliphatic rings. The van der Waals surface area contributed by atoms with Crippen LogP contribution in [-0.2, 0) is 24.1 Å². The van der Waals surface area contributed by atoms with Crippen molar-refractivity contribution in [3.8, 4) is 6.07 Å². The zero-order valence-corrected chi connectivity index (χ0v) is 16.6. The van der Waals surface area contributed by atoms with Crippen LogP contribution in [0, 0.1) is 11.3 Å². The number of nitrogens with one attached hydrogen (secondary N) is 1. The molecule has 136 valence electrons. The van der Waals surface area contributed by atoms with Crippen molar-refractivity contribution < 1.29 is 4.79 Å². The fourth-order valence-corrected chi connectivity index (χ4v) is 6.30. The third-order valence-electron chi connectivity index (χ3n) is 5.54. The summed E-state index contributed by atoms with van der Waals surface area (Å²) in [5.74, 6) is -0.0107. The average Bonchev–Trinajstić information content (AvgIpc) is 3.16. The summed E-state index contributed by atoms with van der Waals surface area (Å²) in [6, 6.07) is 4.79. The molecule has 26 heavy (non-hydrogen) atoms. The Morgan fingerprint density at radius 3 is 3.00 bits per heavy atom. The molecule has 1 aliphatic heterocycles. The Labute approximate surface area is 162 Å². The van der Waals surface area contributed by atoms with Gasteiger partial charge in [-0.3, -0.25) is 9.69 Å². The largest absolute Gasteiger partial charge is 0.315 e. The standard InChI is InChI=1S/C20H23N3OS2/c1-13-14-8-10-25-17(14)7-9-23(13)12-19(24)22-20-16(11-21)15-5-3-2-4-6-18(15)26-20/h8,10,13H,2-7,9,12H2,1H3,(H,22,24). The van der Waals surface area contributed by atoms with Gasteiger partial charge in [0.2, 0.25) is 5.91 Å². The van der Waals surface area contributed by atoms with Gasteiger partial charge in [-0.15, -0.1) is 22.7 Å². The van der Waals surface area contributed by atoms with Crippen molar-refractivity contribution in [2.24, 2.45) is 0 Å². The maximum absolute atomic E-state index is 12.7. The van der Waals surface area contributed by atoms with E-state index in [9.17, 15) is 10.1 Å². The highest BCUT2D eigenvalue weighted by Gasteiger charge is 2.27. The molecule has 1 unspecified atom stereocenters. The van der Waals surface area contributed by atoms with Gasteiger partial charge < -0.3 is 5.32 Å². The summed E-state index contributed by atoms with van der Waals surface area (Å²) < 4.78 is 0. The molecule has 0 saturated heterocycles. The van der Waals surface area contributed by atoms with Crippen molar-refractivity contribution in [3.63, 3.8) is 0 Å². The Bertz CT molecular complexity index is 861. The first-order chi connectivity index (χ1) is 12.7. The van der Waals surface area contributed by atoms with E-state index in [1.165, 1.54) is 33.7 Å². The van der Waals surface area contributed by atoms with Crippen LogP contribution in [0.3, 0.4) is 0 Å². The number of hydrogen-bond acceptors (Lipinski definition) is 5. The molecular weight excluding hydrogens is 362 g/mol. The van der Waals surface area contributed by atoms with Crippen LogP contribution < -0.4 is 5.32 Å². The van der Waals surface area contributed by atoms with Crippen LogP contribution in [0.4, 0.5) is 5.00 Å². The molecule has 1 N–H and O–H groups in total.